The Labute approximate surface area is 162 Å². The van der Waals surface area contributed by atoms with Crippen molar-refractivity contribution >= 4 is 54.7 Å². The predicted molar refractivity (Wildman–Crippen MR) is 100 cm³/mol. The van der Waals surface area contributed by atoms with E-state index in [0.717, 1.165) is 5.56 Å². The number of aliphatic hydroxyl groups excluding tert-OH is 1. The number of nitrogens with zero attached hydrogens (tertiary/aromatic N) is 2. The van der Waals surface area contributed by atoms with Crippen LogP contribution in [0.15, 0.2) is 45.9 Å². The van der Waals surface area contributed by atoms with E-state index in [4.69, 9.17) is 10.2 Å². The Bertz CT molecular complexity index is 653. The average molecular weight is 485 g/mol. The van der Waals surface area contributed by atoms with E-state index in [1.54, 1.807) is 18.3 Å². The van der Waals surface area contributed by atoms with E-state index in [1.165, 1.54) is 19.2 Å². The lowest BCUT2D eigenvalue weighted by molar-refractivity contribution is -0.109. The van der Waals surface area contributed by atoms with Gasteiger partial charge in [0.1, 0.15) is 9.21 Å². The Morgan fingerprint density at radius 1 is 1.12 bits per heavy atom. The van der Waals surface area contributed by atoms with E-state index in [1.807, 2.05) is 6.07 Å². The Morgan fingerprint density at radius 2 is 1.58 bits per heavy atom. The molecule has 0 saturated carbocycles. The molecule has 0 atom stereocenters. The highest BCUT2D eigenvalue weighted by Crippen LogP contribution is 2.11. The van der Waals surface area contributed by atoms with E-state index in [-0.39, 0.29) is 24.8 Å². The third kappa shape index (κ3) is 11.2. The van der Waals surface area contributed by atoms with Crippen LogP contribution in [0.3, 0.4) is 0 Å². The molecule has 2 N–H and O–H groups in total. The van der Waals surface area contributed by atoms with Crippen LogP contribution in [-0.4, -0.2) is 31.4 Å². The number of rotatable bonds is 2. The number of hydrogen-bond donors (Lipinski definition) is 2. The minimum atomic E-state index is -0.972. The molecule has 2 rings (SSSR count). The highest BCUT2D eigenvalue weighted by Gasteiger charge is 2.06. The van der Waals surface area contributed by atoms with Crippen LogP contribution in [0.1, 0.15) is 30.3 Å². The number of pyridine rings is 2. The van der Waals surface area contributed by atoms with Gasteiger partial charge in [-0.05, 0) is 61.7 Å². The molecular formula is C15H17Br2ClN2O4. The molecule has 132 valence electrons. The van der Waals surface area contributed by atoms with E-state index in [0.29, 0.717) is 9.21 Å². The van der Waals surface area contributed by atoms with E-state index in [2.05, 4.69) is 53.4 Å². The molecule has 0 fully saturated rings. The first-order valence-corrected chi connectivity index (χ1v) is 7.96. The van der Waals surface area contributed by atoms with Gasteiger partial charge in [0.2, 0.25) is 5.24 Å². The minimum absolute atomic E-state index is 0. The second-order valence-electron chi connectivity index (χ2n) is 3.73. The number of carboxylic acids is 1. The molecule has 2 heterocycles. The average Bonchev–Trinajstić information content (AvgIpc) is 2.48. The van der Waals surface area contributed by atoms with Crippen molar-refractivity contribution in [2.24, 2.45) is 0 Å². The SMILES string of the molecule is C.CC(=O)Cl.O=C(O)c1cccnc1Br.OCc1cccnc1Br. The van der Waals surface area contributed by atoms with Crippen molar-refractivity contribution in [3.8, 4) is 0 Å². The van der Waals surface area contributed by atoms with Crippen LogP contribution in [0.2, 0.25) is 0 Å². The predicted octanol–water partition coefficient (Wildman–Crippen LogP) is 4.29. The highest BCUT2D eigenvalue weighted by molar-refractivity contribution is 9.10. The molecule has 0 spiro atoms. The maximum atomic E-state index is 10.4. The van der Waals surface area contributed by atoms with Crippen molar-refractivity contribution in [3.63, 3.8) is 0 Å². The molecular weight excluding hydrogens is 467 g/mol. The Kier molecular flexibility index (Phi) is 14.6. The summed E-state index contributed by atoms with van der Waals surface area (Å²) in [5.74, 6) is -0.972. The van der Waals surface area contributed by atoms with Crippen LogP contribution in [0.5, 0.6) is 0 Å². The molecule has 0 aliphatic carbocycles. The van der Waals surface area contributed by atoms with Gasteiger partial charge in [0.05, 0.1) is 12.2 Å². The van der Waals surface area contributed by atoms with Gasteiger partial charge in [-0.2, -0.15) is 0 Å². The van der Waals surface area contributed by atoms with Crippen molar-refractivity contribution in [2.75, 3.05) is 0 Å². The first-order chi connectivity index (χ1) is 10.8. The summed E-state index contributed by atoms with van der Waals surface area (Å²) in [5, 5.41) is 16.8. The fourth-order valence-corrected chi connectivity index (χ4v) is 1.88. The van der Waals surface area contributed by atoms with Gasteiger partial charge in [-0.25, -0.2) is 14.8 Å². The molecule has 9 heteroatoms. The molecule has 0 amide bonds. The van der Waals surface area contributed by atoms with Crippen LogP contribution >= 0.6 is 43.5 Å². The summed E-state index contributed by atoms with van der Waals surface area (Å²) in [7, 11) is 0. The highest BCUT2D eigenvalue weighted by atomic mass is 79.9. The third-order valence-electron chi connectivity index (χ3n) is 2.00. The molecule has 0 aromatic carbocycles. The number of aromatic nitrogens is 2. The summed E-state index contributed by atoms with van der Waals surface area (Å²) in [4.78, 5) is 27.2. The van der Waals surface area contributed by atoms with Crippen LogP contribution in [0, 0.1) is 0 Å². The van der Waals surface area contributed by atoms with Crippen LogP contribution in [0.25, 0.3) is 0 Å². The lowest BCUT2D eigenvalue weighted by Gasteiger charge is -1.95. The molecule has 2 aromatic heterocycles. The number of aliphatic hydroxyl groups is 1. The Morgan fingerprint density at radius 3 is 1.88 bits per heavy atom. The van der Waals surface area contributed by atoms with Crippen LogP contribution in [-0.2, 0) is 11.4 Å². The maximum Gasteiger partial charge on any atom is 0.338 e. The lowest BCUT2D eigenvalue weighted by atomic mass is 10.3. The maximum absolute atomic E-state index is 10.4. The monoisotopic (exact) mass is 482 g/mol. The number of aromatic carboxylic acids is 1. The zero-order valence-electron chi connectivity index (χ0n) is 11.9. The summed E-state index contributed by atoms with van der Waals surface area (Å²) in [5.41, 5.74) is 1.00. The number of halogens is 3. The third-order valence-corrected chi connectivity index (χ3v) is 3.34. The summed E-state index contributed by atoms with van der Waals surface area (Å²) in [6.45, 7) is 1.33. The molecule has 0 radical (unpaired) electrons. The van der Waals surface area contributed by atoms with Crippen LogP contribution < -0.4 is 0 Å². The Hall–Kier alpha value is -1.35. The smallest absolute Gasteiger partial charge is 0.338 e. The van der Waals surface area contributed by atoms with E-state index >= 15 is 0 Å². The normalized spacial score (nSPS) is 8.54. The summed E-state index contributed by atoms with van der Waals surface area (Å²) < 4.78 is 1.08. The van der Waals surface area contributed by atoms with Crippen molar-refractivity contribution in [2.45, 2.75) is 21.0 Å². The largest absolute Gasteiger partial charge is 0.478 e. The van der Waals surface area contributed by atoms with Crippen molar-refractivity contribution in [1.29, 1.82) is 0 Å². The van der Waals surface area contributed by atoms with Crippen LogP contribution in [0.4, 0.5) is 0 Å². The molecule has 24 heavy (non-hydrogen) atoms. The standard InChI is InChI=1S/C6H4BrNO2.C6H6BrNO.C2H3ClO.CH4/c7-5-4(6(9)10)2-1-3-8-5;7-6-5(4-9)2-1-3-8-6;1-2(3)4;/h1-3H,(H,9,10);1-3,9H,4H2;1H3;1H4. The van der Waals surface area contributed by atoms with Gasteiger partial charge in [0.15, 0.2) is 0 Å². The summed E-state index contributed by atoms with van der Waals surface area (Å²) in [6, 6.07) is 6.67. The number of carboxylic acid groups (broad SMARTS) is 1. The summed E-state index contributed by atoms with van der Waals surface area (Å²) >= 11 is 10.8. The summed E-state index contributed by atoms with van der Waals surface area (Å²) in [6.07, 6.45) is 3.19. The molecule has 0 bridgehead atoms. The van der Waals surface area contributed by atoms with Gasteiger partial charge >= 0.3 is 5.97 Å². The lowest BCUT2D eigenvalue weighted by Crippen LogP contribution is -1.97. The molecule has 0 aliphatic rings. The van der Waals surface area contributed by atoms with E-state index < -0.39 is 5.97 Å². The topological polar surface area (TPSA) is 100 Å². The quantitative estimate of drug-likeness (QED) is 0.487. The molecule has 0 saturated heterocycles. The van der Waals surface area contributed by atoms with Gasteiger partial charge in [0, 0.05) is 24.9 Å². The molecule has 0 unspecified atom stereocenters. The fraction of sp³-hybridized carbons (Fsp3) is 0.200. The van der Waals surface area contributed by atoms with Gasteiger partial charge in [-0.1, -0.05) is 13.5 Å². The van der Waals surface area contributed by atoms with Gasteiger partial charge in [0.25, 0.3) is 0 Å². The zero-order chi connectivity index (χ0) is 17.8. The fourth-order valence-electron chi connectivity index (χ4n) is 1.08. The number of carbonyl (C=O) groups excluding carboxylic acids is 1. The first kappa shape index (κ1) is 24.9. The van der Waals surface area contributed by atoms with E-state index in [9.17, 15) is 9.59 Å². The number of carbonyl (C=O) groups is 2. The minimum Gasteiger partial charge on any atom is -0.478 e. The van der Waals surface area contributed by atoms with Gasteiger partial charge in [-0.15, -0.1) is 0 Å². The Balaban J connectivity index is 0. The second-order valence-corrected chi connectivity index (χ2v) is 5.76. The van der Waals surface area contributed by atoms with Crippen molar-refractivity contribution in [1.82, 2.24) is 9.97 Å². The second kappa shape index (κ2) is 14.0. The molecule has 6 nitrogen and oxygen atoms in total. The molecule has 0 aliphatic heterocycles. The zero-order valence-corrected chi connectivity index (χ0v) is 15.8. The first-order valence-electron chi connectivity index (χ1n) is 5.99. The molecule has 2 aromatic rings. The number of hydrogen-bond acceptors (Lipinski definition) is 5. The van der Waals surface area contributed by atoms with Gasteiger partial charge in [-0.3, -0.25) is 4.79 Å². The van der Waals surface area contributed by atoms with Crippen molar-refractivity contribution < 1.29 is 19.8 Å². The van der Waals surface area contributed by atoms with Crippen molar-refractivity contribution in [3.05, 3.63) is 57.0 Å². The van der Waals surface area contributed by atoms with Gasteiger partial charge < -0.3 is 10.2 Å².